The van der Waals surface area contributed by atoms with Crippen molar-refractivity contribution in [1.29, 1.82) is 0 Å². The Hall–Kier alpha value is -3.02. The van der Waals surface area contributed by atoms with E-state index in [0.717, 1.165) is 12.8 Å². The standard InChI is InChI=1S/C29H31Cl2N3O6S/c1-33(2)15-17-8-7-13-34(17)23(35)14-21-25(28(36)37)27(24-19(30)11-6-12-20(24)31)26(29(38)39)22(32-21)16-41(40)18-9-4-3-5-10-18/h3-6,9-12,17,27,32H,7-8,13-16H2,1-2H3,(H,36,37)(H,38,39)/t17?,27?,41-/m0/s1. The average Bonchev–Trinajstić information content (AvgIpc) is 3.36. The highest BCUT2D eigenvalue weighted by atomic mass is 35.5. The van der Waals surface area contributed by atoms with E-state index in [1.165, 1.54) is 12.1 Å². The molecular weight excluding hydrogens is 589 g/mol. The summed E-state index contributed by atoms with van der Waals surface area (Å²) in [5.41, 5.74) is -0.552. The summed E-state index contributed by atoms with van der Waals surface area (Å²) in [4.78, 5) is 43.4. The van der Waals surface area contributed by atoms with Crippen LogP contribution in [-0.2, 0) is 25.6 Å². The predicted molar refractivity (Wildman–Crippen MR) is 157 cm³/mol. The van der Waals surface area contributed by atoms with Gasteiger partial charge in [0.25, 0.3) is 0 Å². The largest absolute Gasteiger partial charge is 0.611 e. The summed E-state index contributed by atoms with van der Waals surface area (Å²) < 4.78 is 13.3. The Morgan fingerprint density at radius 1 is 1.00 bits per heavy atom. The van der Waals surface area contributed by atoms with Crippen LogP contribution in [0.15, 0.2) is 76.0 Å². The van der Waals surface area contributed by atoms with Crippen LogP contribution in [0, 0.1) is 0 Å². The van der Waals surface area contributed by atoms with Crippen molar-refractivity contribution in [1.82, 2.24) is 15.1 Å². The molecule has 4 rings (SSSR count). The van der Waals surface area contributed by atoms with Gasteiger partial charge in [-0.25, -0.2) is 9.59 Å². The van der Waals surface area contributed by atoms with Crippen molar-refractivity contribution in [3.63, 3.8) is 0 Å². The van der Waals surface area contributed by atoms with Gasteiger partial charge in [0.2, 0.25) is 5.91 Å². The summed E-state index contributed by atoms with van der Waals surface area (Å²) in [7, 11) is 3.84. The average molecular weight is 621 g/mol. The van der Waals surface area contributed by atoms with E-state index < -0.39 is 29.0 Å². The number of carbonyl (C=O) groups is 3. The summed E-state index contributed by atoms with van der Waals surface area (Å²) in [5, 5.41) is 23.9. The summed E-state index contributed by atoms with van der Waals surface area (Å²) in [6, 6.07) is 13.0. The van der Waals surface area contributed by atoms with Gasteiger partial charge in [0.05, 0.1) is 29.2 Å². The first-order chi connectivity index (χ1) is 19.5. The van der Waals surface area contributed by atoms with Crippen LogP contribution in [0.5, 0.6) is 0 Å². The number of likely N-dealkylation sites (N-methyl/N-ethyl adjacent to an activating group) is 1. The molecule has 0 radical (unpaired) electrons. The van der Waals surface area contributed by atoms with Gasteiger partial charge in [-0.1, -0.05) is 47.5 Å². The smallest absolute Gasteiger partial charge is 0.334 e. The van der Waals surface area contributed by atoms with E-state index in [-0.39, 0.29) is 62.3 Å². The van der Waals surface area contributed by atoms with Crippen molar-refractivity contribution in [2.75, 3.05) is 32.9 Å². The van der Waals surface area contributed by atoms with E-state index in [1.54, 1.807) is 41.3 Å². The van der Waals surface area contributed by atoms with Crippen LogP contribution in [0.3, 0.4) is 0 Å². The molecule has 2 unspecified atom stereocenters. The second-order valence-corrected chi connectivity index (χ2v) is 12.5. The molecule has 2 heterocycles. The first kappa shape index (κ1) is 30.9. The van der Waals surface area contributed by atoms with Crippen molar-refractivity contribution < 1.29 is 29.1 Å². The van der Waals surface area contributed by atoms with Gasteiger partial charge in [-0.2, -0.15) is 0 Å². The Morgan fingerprint density at radius 2 is 1.61 bits per heavy atom. The second kappa shape index (κ2) is 13.3. The third kappa shape index (κ3) is 6.90. The summed E-state index contributed by atoms with van der Waals surface area (Å²) in [5.74, 6) is -4.82. The van der Waals surface area contributed by atoms with Crippen molar-refractivity contribution in [3.8, 4) is 0 Å². The maximum atomic E-state index is 13.6. The number of nitrogens with zero attached hydrogens (tertiary/aromatic N) is 2. The summed E-state index contributed by atoms with van der Waals surface area (Å²) in [6.45, 7) is 1.19. The fourth-order valence-electron chi connectivity index (χ4n) is 5.46. The summed E-state index contributed by atoms with van der Waals surface area (Å²) >= 11 is 11.3. The lowest BCUT2D eigenvalue weighted by Gasteiger charge is -2.33. The number of aliphatic carboxylic acids is 2. The van der Waals surface area contributed by atoms with Crippen LogP contribution < -0.4 is 5.32 Å². The minimum absolute atomic E-state index is 0.0176. The van der Waals surface area contributed by atoms with E-state index in [4.69, 9.17) is 23.2 Å². The maximum Gasteiger partial charge on any atom is 0.334 e. The number of benzene rings is 2. The van der Waals surface area contributed by atoms with Gasteiger partial charge >= 0.3 is 11.9 Å². The van der Waals surface area contributed by atoms with Gasteiger partial charge in [-0.15, -0.1) is 0 Å². The van der Waals surface area contributed by atoms with Gasteiger partial charge in [0.1, 0.15) is 0 Å². The van der Waals surface area contributed by atoms with E-state index in [9.17, 15) is 29.1 Å². The number of carbonyl (C=O) groups excluding carboxylic acids is 1. The first-order valence-corrected chi connectivity index (χ1v) is 15.1. The molecule has 0 bridgehead atoms. The zero-order chi connectivity index (χ0) is 29.8. The lowest BCUT2D eigenvalue weighted by atomic mass is 9.79. The number of rotatable bonds is 10. The Labute approximate surface area is 251 Å². The molecule has 0 spiro atoms. The minimum atomic E-state index is -1.68. The number of dihydropyridines is 1. The monoisotopic (exact) mass is 619 g/mol. The van der Waals surface area contributed by atoms with Crippen molar-refractivity contribution in [2.24, 2.45) is 0 Å². The Kier molecular flexibility index (Phi) is 10.0. The lowest BCUT2D eigenvalue weighted by Crippen LogP contribution is -2.43. The number of hydrogen-bond donors (Lipinski definition) is 3. The van der Waals surface area contributed by atoms with Crippen LogP contribution in [-0.4, -0.2) is 81.4 Å². The molecule has 1 fully saturated rings. The van der Waals surface area contributed by atoms with E-state index in [1.807, 2.05) is 19.0 Å². The molecule has 2 aromatic carbocycles. The van der Waals surface area contributed by atoms with Crippen LogP contribution in [0.1, 0.15) is 30.7 Å². The highest BCUT2D eigenvalue weighted by molar-refractivity contribution is 7.91. The molecule has 0 saturated carbocycles. The molecule has 0 aromatic heterocycles. The number of carboxylic acids is 2. The van der Waals surface area contributed by atoms with Gasteiger partial charge in [-0.05, 0) is 62.4 Å². The highest BCUT2D eigenvalue weighted by Crippen LogP contribution is 2.45. The number of carboxylic acid groups (broad SMARTS) is 2. The molecule has 9 nitrogen and oxygen atoms in total. The van der Waals surface area contributed by atoms with Crippen molar-refractivity contribution in [2.45, 2.75) is 36.1 Å². The zero-order valence-corrected chi connectivity index (χ0v) is 24.9. The number of hydrogen-bond acceptors (Lipinski definition) is 6. The molecule has 218 valence electrons. The molecule has 12 heteroatoms. The molecule has 3 atom stereocenters. The highest BCUT2D eigenvalue weighted by Gasteiger charge is 2.42. The quantitative estimate of drug-likeness (QED) is 0.338. The molecule has 41 heavy (non-hydrogen) atoms. The van der Waals surface area contributed by atoms with Crippen LogP contribution >= 0.6 is 23.2 Å². The fraction of sp³-hybridized carbons (Fsp3) is 0.345. The number of nitrogens with one attached hydrogen (secondary N) is 1. The van der Waals surface area contributed by atoms with Crippen molar-refractivity contribution >= 4 is 52.2 Å². The fourth-order valence-corrected chi connectivity index (χ4v) is 7.19. The summed E-state index contributed by atoms with van der Waals surface area (Å²) in [6.07, 6.45) is 1.33. The number of amides is 1. The van der Waals surface area contributed by atoms with Crippen molar-refractivity contribution in [3.05, 3.63) is 86.7 Å². The van der Waals surface area contributed by atoms with Gasteiger partial charge in [-0.3, -0.25) is 4.79 Å². The Balaban J connectivity index is 1.84. The molecule has 1 amide bonds. The van der Waals surface area contributed by atoms with E-state index >= 15 is 0 Å². The van der Waals surface area contributed by atoms with Crippen LogP contribution in [0.25, 0.3) is 0 Å². The van der Waals surface area contributed by atoms with E-state index in [2.05, 4.69) is 5.32 Å². The van der Waals surface area contributed by atoms with Gasteiger partial charge in [0, 0.05) is 40.4 Å². The molecular formula is C29H31Cl2N3O6S. The molecule has 1 saturated heterocycles. The number of halogens is 2. The molecule has 2 aliphatic rings. The molecule has 2 aliphatic heterocycles. The van der Waals surface area contributed by atoms with E-state index in [0.29, 0.717) is 18.0 Å². The second-order valence-electron chi connectivity index (χ2n) is 10.2. The number of likely N-dealkylation sites (tertiary alicyclic amines) is 1. The maximum absolute atomic E-state index is 13.6. The van der Waals surface area contributed by atoms with Gasteiger partial charge in [0.15, 0.2) is 10.6 Å². The SMILES string of the molecule is CN(C)CC1CCCN1C(=O)CC1=C(C(=O)O)C(c2c(Cl)cccc2Cl)C(C(=O)O)=C(C[S@+]([O-])c2ccccc2)N1. The Morgan fingerprint density at radius 3 is 2.20 bits per heavy atom. The molecule has 0 aliphatic carbocycles. The predicted octanol–water partition coefficient (Wildman–Crippen LogP) is 4.11. The lowest BCUT2D eigenvalue weighted by molar-refractivity contribution is -0.133. The van der Waals surface area contributed by atoms with Crippen LogP contribution in [0.4, 0.5) is 0 Å². The Bertz CT molecular complexity index is 1380. The molecule has 2 aromatic rings. The normalized spacial score (nSPS) is 19.9. The third-order valence-corrected chi connectivity index (χ3v) is 9.17. The molecule has 3 N–H and O–H groups in total. The topological polar surface area (TPSA) is 133 Å². The van der Waals surface area contributed by atoms with Gasteiger partial charge < -0.3 is 29.9 Å². The minimum Gasteiger partial charge on any atom is -0.611 e. The zero-order valence-electron chi connectivity index (χ0n) is 22.6. The first-order valence-electron chi connectivity index (χ1n) is 13.0. The van der Waals surface area contributed by atoms with Crippen LogP contribution in [0.2, 0.25) is 10.0 Å². The third-order valence-electron chi connectivity index (χ3n) is 7.16.